The zero-order valence-corrected chi connectivity index (χ0v) is 10.2. The molecule has 2 heteroatoms. The van der Waals surface area contributed by atoms with Gasteiger partial charge in [-0.25, -0.2) is 0 Å². The zero-order valence-electron chi connectivity index (χ0n) is 10.2. The fraction of sp³-hybridized carbons (Fsp3) is 0.917. The lowest BCUT2D eigenvalue weighted by Crippen LogP contribution is -2.30. The first-order valence-corrected chi connectivity index (χ1v) is 5.83. The summed E-state index contributed by atoms with van der Waals surface area (Å²) in [6.45, 7) is 7.45. The van der Waals surface area contributed by atoms with Gasteiger partial charge in [-0.15, -0.1) is 0 Å². The Hall–Kier alpha value is -0.370. The average Bonchev–Trinajstić information content (AvgIpc) is 2.17. The molecule has 1 atom stereocenters. The molecule has 0 heterocycles. The van der Waals surface area contributed by atoms with E-state index in [4.69, 9.17) is 0 Å². The van der Waals surface area contributed by atoms with Crippen LogP contribution in [0.5, 0.6) is 0 Å². The number of rotatable bonds is 8. The third-order valence-electron chi connectivity index (χ3n) is 2.82. The lowest BCUT2D eigenvalue weighted by Gasteiger charge is -2.23. The first-order chi connectivity index (χ1) is 6.61. The van der Waals surface area contributed by atoms with Gasteiger partial charge in [-0.05, 0) is 33.4 Å². The summed E-state index contributed by atoms with van der Waals surface area (Å²) in [5, 5.41) is 0. The van der Waals surface area contributed by atoms with Gasteiger partial charge in [0.1, 0.15) is 5.78 Å². The number of hydrogen-bond donors (Lipinski definition) is 0. The molecule has 0 aromatic carbocycles. The lowest BCUT2D eigenvalue weighted by atomic mass is 10.1. The Labute approximate surface area is 88.7 Å². The van der Waals surface area contributed by atoms with E-state index in [0.717, 1.165) is 19.4 Å². The molecule has 0 aromatic heterocycles. The highest BCUT2D eigenvalue weighted by Crippen LogP contribution is 2.05. The molecule has 0 amide bonds. The Morgan fingerprint density at radius 1 is 1.36 bits per heavy atom. The number of carbonyl (C=O) groups excluding carboxylic acids is 1. The summed E-state index contributed by atoms with van der Waals surface area (Å²) in [5.41, 5.74) is 0. The summed E-state index contributed by atoms with van der Waals surface area (Å²) in [7, 11) is 2.15. The minimum absolute atomic E-state index is 0.390. The van der Waals surface area contributed by atoms with Gasteiger partial charge in [-0.2, -0.15) is 0 Å². The third-order valence-corrected chi connectivity index (χ3v) is 2.82. The van der Waals surface area contributed by atoms with Crippen LogP contribution >= 0.6 is 0 Å². The van der Waals surface area contributed by atoms with Crippen molar-refractivity contribution in [3.05, 3.63) is 0 Å². The molecule has 0 aliphatic rings. The highest BCUT2D eigenvalue weighted by molar-refractivity contribution is 5.77. The SMILES string of the molecule is CCCC(C)N(C)CCCC(=O)CC. The fourth-order valence-electron chi connectivity index (χ4n) is 1.56. The summed E-state index contributed by atoms with van der Waals surface area (Å²) in [6.07, 6.45) is 4.93. The third kappa shape index (κ3) is 6.14. The molecule has 0 spiro atoms. The highest BCUT2D eigenvalue weighted by atomic mass is 16.1. The van der Waals surface area contributed by atoms with Crippen LogP contribution in [0.2, 0.25) is 0 Å². The van der Waals surface area contributed by atoms with E-state index in [0.29, 0.717) is 18.2 Å². The number of Topliss-reactive ketones (excluding diaryl/α,β-unsaturated/α-hetero) is 1. The minimum atomic E-state index is 0.390. The monoisotopic (exact) mass is 199 g/mol. The first-order valence-electron chi connectivity index (χ1n) is 5.83. The topological polar surface area (TPSA) is 20.3 Å². The molecule has 0 saturated heterocycles. The molecular weight excluding hydrogens is 174 g/mol. The van der Waals surface area contributed by atoms with E-state index in [9.17, 15) is 4.79 Å². The normalized spacial score (nSPS) is 13.2. The van der Waals surface area contributed by atoms with E-state index in [-0.39, 0.29) is 0 Å². The van der Waals surface area contributed by atoms with Crippen molar-refractivity contribution in [1.82, 2.24) is 4.90 Å². The van der Waals surface area contributed by atoms with Gasteiger partial charge in [0.2, 0.25) is 0 Å². The van der Waals surface area contributed by atoms with Gasteiger partial charge in [0, 0.05) is 18.9 Å². The molecule has 0 fully saturated rings. The van der Waals surface area contributed by atoms with E-state index in [1.165, 1.54) is 12.8 Å². The van der Waals surface area contributed by atoms with Crippen molar-refractivity contribution in [3.63, 3.8) is 0 Å². The predicted molar refractivity (Wildman–Crippen MR) is 61.5 cm³/mol. The van der Waals surface area contributed by atoms with Gasteiger partial charge in [0.25, 0.3) is 0 Å². The van der Waals surface area contributed by atoms with Crippen molar-refractivity contribution in [2.24, 2.45) is 0 Å². The van der Waals surface area contributed by atoms with E-state index >= 15 is 0 Å². The van der Waals surface area contributed by atoms with Crippen LogP contribution < -0.4 is 0 Å². The average molecular weight is 199 g/mol. The van der Waals surface area contributed by atoms with Crippen molar-refractivity contribution in [2.75, 3.05) is 13.6 Å². The van der Waals surface area contributed by atoms with Crippen molar-refractivity contribution in [1.29, 1.82) is 0 Å². The molecule has 0 N–H and O–H groups in total. The van der Waals surface area contributed by atoms with E-state index < -0.39 is 0 Å². The highest BCUT2D eigenvalue weighted by Gasteiger charge is 2.07. The van der Waals surface area contributed by atoms with Crippen LogP contribution in [0.4, 0.5) is 0 Å². The molecule has 0 saturated carbocycles. The second-order valence-electron chi connectivity index (χ2n) is 4.11. The van der Waals surface area contributed by atoms with Gasteiger partial charge >= 0.3 is 0 Å². The molecule has 0 bridgehead atoms. The predicted octanol–water partition coefficient (Wildman–Crippen LogP) is 2.87. The van der Waals surface area contributed by atoms with Gasteiger partial charge < -0.3 is 4.90 Å². The zero-order chi connectivity index (χ0) is 11.0. The van der Waals surface area contributed by atoms with E-state index in [1.807, 2.05) is 6.92 Å². The maximum Gasteiger partial charge on any atom is 0.132 e. The molecule has 0 rings (SSSR count). The molecule has 0 aliphatic carbocycles. The molecule has 1 unspecified atom stereocenters. The molecular formula is C12H25NO. The fourth-order valence-corrected chi connectivity index (χ4v) is 1.56. The Morgan fingerprint density at radius 3 is 2.50 bits per heavy atom. The summed E-state index contributed by atoms with van der Waals surface area (Å²) in [5.74, 6) is 0.390. The maximum atomic E-state index is 11.1. The number of nitrogens with zero attached hydrogens (tertiary/aromatic N) is 1. The first kappa shape index (κ1) is 13.6. The number of hydrogen-bond acceptors (Lipinski definition) is 2. The number of ketones is 1. The van der Waals surface area contributed by atoms with E-state index in [1.54, 1.807) is 0 Å². The van der Waals surface area contributed by atoms with Crippen LogP contribution in [0.3, 0.4) is 0 Å². The summed E-state index contributed by atoms with van der Waals surface area (Å²) in [4.78, 5) is 13.4. The summed E-state index contributed by atoms with van der Waals surface area (Å²) >= 11 is 0. The van der Waals surface area contributed by atoms with Crippen LogP contribution in [0.1, 0.15) is 52.9 Å². The molecule has 2 nitrogen and oxygen atoms in total. The number of carbonyl (C=O) groups is 1. The molecule has 0 aromatic rings. The van der Waals surface area contributed by atoms with Crippen molar-refractivity contribution >= 4 is 5.78 Å². The molecule has 0 aliphatic heterocycles. The molecule has 14 heavy (non-hydrogen) atoms. The summed E-state index contributed by atoms with van der Waals surface area (Å²) < 4.78 is 0. The lowest BCUT2D eigenvalue weighted by molar-refractivity contribution is -0.118. The Balaban J connectivity index is 3.52. The van der Waals surface area contributed by atoms with Gasteiger partial charge in [-0.1, -0.05) is 20.3 Å². The van der Waals surface area contributed by atoms with Gasteiger partial charge in [0.05, 0.1) is 0 Å². The van der Waals surface area contributed by atoms with Crippen LogP contribution in [-0.2, 0) is 4.79 Å². The Kier molecular flexibility index (Phi) is 7.77. The van der Waals surface area contributed by atoms with Crippen LogP contribution in [-0.4, -0.2) is 30.3 Å². The maximum absolute atomic E-state index is 11.1. The van der Waals surface area contributed by atoms with E-state index in [2.05, 4.69) is 25.8 Å². The quantitative estimate of drug-likeness (QED) is 0.599. The minimum Gasteiger partial charge on any atom is -0.304 e. The van der Waals surface area contributed by atoms with Crippen molar-refractivity contribution in [2.45, 2.75) is 58.9 Å². The Bertz CT molecular complexity index is 156. The Morgan fingerprint density at radius 2 is 2.00 bits per heavy atom. The standard InChI is InChI=1S/C12H25NO/c1-5-8-11(3)13(4)10-7-9-12(14)6-2/h11H,5-10H2,1-4H3. The van der Waals surface area contributed by atoms with Crippen molar-refractivity contribution < 1.29 is 4.79 Å². The van der Waals surface area contributed by atoms with Crippen LogP contribution in [0, 0.1) is 0 Å². The largest absolute Gasteiger partial charge is 0.304 e. The second kappa shape index (κ2) is 7.98. The van der Waals surface area contributed by atoms with Gasteiger partial charge in [0.15, 0.2) is 0 Å². The van der Waals surface area contributed by atoms with Crippen LogP contribution in [0.15, 0.2) is 0 Å². The van der Waals surface area contributed by atoms with Crippen LogP contribution in [0.25, 0.3) is 0 Å². The smallest absolute Gasteiger partial charge is 0.132 e. The molecule has 0 radical (unpaired) electrons. The summed E-state index contributed by atoms with van der Waals surface area (Å²) in [6, 6.07) is 0.650. The molecule has 84 valence electrons. The van der Waals surface area contributed by atoms with Gasteiger partial charge in [-0.3, -0.25) is 4.79 Å². The second-order valence-corrected chi connectivity index (χ2v) is 4.11. The van der Waals surface area contributed by atoms with Crippen molar-refractivity contribution in [3.8, 4) is 0 Å².